The number of amides is 1. The lowest BCUT2D eigenvalue weighted by Gasteiger charge is -2.45. The highest BCUT2D eigenvalue weighted by atomic mass is 16.7. The highest BCUT2D eigenvalue weighted by molar-refractivity contribution is 6.62. The molecule has 2 unspecified atom stereocenters. The van der Waals surface area contributed by atoms with Gasteiger partial charge < -0.3 is 18.9 Å². The summed E-state index contributed by atoms with van der Waals surface area (Å²) in [6.45, 7) is 14.5. The summed E-state index contributed by atoms with van der Waals surface area (Å²) in [6.07, 6.45) is 0.697. The molecule has 4 rings (SSSR count). The van der Waals surface area contributed by atoms with Crippen LogP contribution in [0.2, 0.25) is 0 Å². The van der Waals surface area contributed by atoms with Crippen LogP contribution in [0.5, 0.6) is 0 Å². The van der Waals surface area contributed by atoms with E-state index in [9.17, 15) is 10.1 Å². The highest BCUT2D eigenvalue weighted by Crippen LogP contribution is 2.44. The monoisotopic (exact) mass is 488 g/mol. The summed E-state index contributed by atoms with van der Waals surface area (Å²) < 4.78 is 18.5. The Morgan fingerprint density at radius 2 is 1.61 bits per heavy atom. The van der Waals surface area contributed by atoms with Crippen molar-refractivity contribution in [2.45, 2.75) is 84.2 Å². The molecule has 0 bridgehead atoms. The van der Waals surface area contributed by atoms with Crippen molar-refractivity contribution in [1.29, 1.82) is 5.26 Å². The number of carbonyl (C=O) groups is 1. The summed E-state index contributed by atoms with van der Waals surface area (Å²) >= 11 is 0. The maximum atomic E-state index is 13.4. The third kappa shape index (κ3) is 4.90. The molecule has 0 aliphatic carbocycles. The SMILES string of the molecule is CC(c1ccc(B2OC(C)(C)C(C)(C)O2)cc1)N1CCC(CC(C)(C)C#N)(c2ccccc2)OC1=O. The van der Waals surface area contributed by atoms with E-state index >= 15 is 0 Å². The number of carbonyl (C=O) groups excluding carboxylic acids is 1. The zero-order chi connectivity index (χ0) is 26.4. The van der Waals surface area contributed by atoms with Crippen molar-refractivity contribution in [3.8, 4) is 6.07 Å². The second-order valence-corrected chi connectivity index (χ2v) is 11.8. The molecule has 2 aromatic rings. The van der Waals surface area contributed by atoms with Gasteiger partial charge in [-0.3, -0.25) is 0 Å². The van der Waals surface area contributed by atoms with Crippen molar-refractivity contribution in [3.63, 3.8) is 0 Å². The van der Waals surface area contributed by atoms with E-state index in [1.165, 1.54) is 0 Å². The van der Waals surface area contributed by atoms with Crippen molar-refractivity contribution in [3.05, 3.63) is 65.7 Å². The van der Waals surface area contributed by atoms with E-state index in [0.717, 1.165) is 16.6 Å². The average Bonchev–Trinajstić information content (AvgIpc) is 3.06. The fourth-order valence-electron chi connectivity index (χ4n) is 5.04. The maximum Gasteiger partial charge on any atom is 0.494 e. The molecule has 2 saturated heterocycles. The molecule has 2 fully saturated rings. The lowest BCUT2D eigenvalue weighted by atomic mass is 9.75. The smallest absolute Gasteiger partial charge is 0.438 e. The minimum atomic E-state index is -0.825. The highest BCUT2D eigenvalue weighted by Gasteiger charge is 2.52. The van der Waals surface area contributed by atoms with Crippen molar-refractivity contribution < 1.29 is 18.8 Å². The standard InChI is InChI=1S/C29H37BN2O4/c1-21(22-13-15-24(16-14-22)30-35-27(4,5)28(6,7)36-30)32-18-17-29(34-25(32)33,19-26(2,3)20-31)23-11-9-8-10-12-23/h8-16,21H,17-19H2,1-7H3. The van der Waals surface area contributed by atoms with E-state index < -0.39 is 29.3 Å². The van der Waals surface area contributed by atoms with Gasteiger partial charge in [-0.1, -0.05) is 54.6 Å². The number of benzene rings is 2. The van der Waals surface area contributed by atoms with E-state index in [4.69, 9.17) is 14.0 Å². The lowest BCUT2D eigenvalue weighted by Crippen LogP contribution is -2.50. The third-order valence-corrected chi connectivity index (χ3v) is 8.02. The fraction of sp³-hybridized carbons (Fsp3) is 0.517. The molecule has 1 amide bonds. The van der Waals surface area contributed by atoms with Crippen LogP contribution in [0.1, 0.15) is 78.5 Å². The molecule has 0 spiro atoms. The first-order valence-electron chi connectivity index (χ1n) is 12.7. The van der Waals surface area contributed by atoms with Gasteiger partial charge in [0.05, 0.1) is 28.7 Å². The Hall–Kier alpha value is -2.82. The second-order valence-electron chi connectivity index (χ2n) is 11.8. The number of hydrogen-bond acceptors (Lipinski definition) is 5. The quantitative estimate of drug-likeness (QED) is 0.486. The van der Waals surface area contributed by atoms with Gasteiger partial charge in [0.2, 0.25) is 0 Å². The van der Waals surface area contributed by atoms with Gasteiger partial charge in [-0.25, -0.2) is 4.79 Å². The Bertz CT molecular complexity index is 1120. The third-order valence-electron chi connectivity index (χ3n) is 8.02. The van der Waals surface area contributed by atoms with Crippen LogP contribution in [-0.2, 0) is 19.6 Å². The minimum absolute atomic E-state index is 0.164. The van der Waals surface area contributed by atoms with Gasteiger partial charge in [0.25, 0.3) is 0 Å². The first kappa shape index (κ1) is 26.3. The van der Waals surface area contributed by atoms with Gasteiger partial charge in [-0.05, 0) is 65.1 Å². The molecular formula is C29H37BN2O4. The predicted octanol–water partition coefficient (Wildman–Crippen LogP) is 5.72. The van der Waals surface area contributed by atoms with Crippen LogP contribution in [0.15, 0.2) is 54.6 Å². The van der Waals surface area contributed by atoms with Gasteiger partial charge in [-0.2, -0.15) is 5.26 Å². The van der Waals surface area contributed by atoms with Crippen LogP contribution in [0, 0.1) is 16.7 Å². The van der Waals surface area contributed by atoms with Crippen LogP contribution in [0.25, 0.3) is 0 Å². The van der Waals surface area contributed by atoms with Gasteiger partial charge >= 0.3 is 13.2 Å². The number of ether oxygens (including phenoxy) is 1. The van der Waals surface area contributed by atoms with Crippen molar-refractivity contribution in [2.75, 3.05) is 6.54 Å². The van der Waals surface area contributed by atoms with Crippen LogP contribution >= 0.6 is 0 Å². The average molecular weight is 488 g/mol. The minimum Gasteiger partial charge on any atom is -0.438 e. The number of hydrogen-bond donors (Lipinski definition) is 0. The first-order chi connectivity index (χ1) is 16.8. The van der Waals surface area contributed by atoms with Crippen LogP contribution in [0.3, 0.4) is 0 Å². The predicted molar refractivity (Wildman–Crippen MR) is 141 cm³/mol. The molecular weight excluding hydrogens is 451 g/mol. The van der Waals surface area contributed by atoms with Crippen molar-refractivity contribution in [1.82, 2.24) is 4.90 Å². The zero-order valence-corrected chi connectivity index (χ0v) is 22.5. The van der Waals surface area contributed by atoms with Gasteiger partial charge in [0.15, 0.2) is 0 Å². The molecule has 0 saturated carbocycles. The van der Waals surface area contributed by atoms with E-state index in [1.807, 2.05) is 103 Å². The molecule has 2 aromatic carbocycles. The number of rotatable bonds is 6. The Kier molecular flexibility index (Phi) is 6.74. The normalized spacial score (nSPS) is 24.2. The molecule has 2 aliphatic heterocycles. The second kappa shape index (κ2) is 9.25. The van der Waals surface area contributed by atoms with Crippen molar-refractivity contribution in [2.24, 2.45) is 5.41 Å². The summed E-state index contributed by atoms with van der Waals surface area (Å²) in [4.78, 5) is 15.1. The molecule has 6 nitrogen and oxygen atoms in total. The van der Waals surface area contributed by atoms with Crippen LogP contribution in [0.4, 0.5) is 4.79 Å². The van der Waals surface area contributed by atoms with Gasteiger partial charge in [-0.15, -0.1) is 0 Å². The largest absolute Gasteiger partial charge is 0.494 e. The lowest BCUT2D eigenvalue weighted by molar-refractivity contribution is -0.0770. The molecule has 0 aromatic heterocycles. The number of cyclic esters (lactones) is 1. The summed E-state index contributed by atoms with van der Waals surface area (Å²) in [7, 11) is -0.422. The summed E-state index contributed by atoms with van der Waals surface area (Å²) in [6, 6.07) is 20.1. The Labute approximate surface area is 215 Å². The maximum absolute atomic E-state index is 13.4. The molecule has 7 heteroatoms. The topological polar surface area (TPSA) is 71.8 Å². The molecule has 0 radical (unpaired) electrons. The Morgan fingerprint density at radius 3 is 2.14 bits per heavy atom. The molecule has 2 heterocycles. The molecule has 190 valence electrons. The molecule has 0 N–H and O–H groups in total. The molecule has 2 atom stereocenters. The van der Waals surface area contributed by atoms with E-state index in [0.29, 0.717) is 19.4 Å². The molecule has 2 aliphatic rings. The number of nitriles is 1. The Balaban J connectivity index is 1.51. The van der Waals surface area contributed by atoms with Crippen molar-refractivity contribution >= 4 is 18.7 Å². The van der Waals surface area contributed by atoms with Crippen LogP contribution < -0.4 is 5.46 Å². The number of nitrogens with zero attached hydrogens (tertiary/aromatic N) is 2. The summed E-state index contributed by atoms with van der Waals surface area (Å²) in [5, 5.41) is 9.68. The zero-order valence-electron chi connectivity index (χ0n) is 22.5. The van der Waals surface area contributed by atoms with E-state index in [-0.39, 0.29) is 12.1 Å². The van der Waals surface area contributed by atoms with Crippen LogP contribution in [-0.4, -0.2) is 35.9 Å². The van der Waals surface area contributed by atoms with E-state index in [1.54, 1.807) is 4.90 Å². The first-order valence-corrected chi connectivity index (χ1v) is 12.7. The molecule has 36 heavy (non-hydrogen) atoms. The fourth-order valence-corrected chi connectivity index (χ4v) is 5.04. The summed E-state index contributed by atoms with van der Waals surface area (Å²) in [5.41, 5.74) is 0.644. The van der Waals surface area contributed by atoms with Gasteiger partial charge in [0.1, 0.15) is 5.60 Å². The summed E-state index contributed by atoms with van der Waals surface area (Å²) in [5.74, 6) is 0. The van der Waals surface area contributed by atoms with E-state index in [2.05, 4.69) is 6.07 Å². The van der Waals surface area contributed by atoms with Gasteiger partial charge in [0, 0.05) is 19.4 Å². The Morgan fingerprint density at radius 1 is 1.03 bits per heavy atom.